The van der Waals surface area contributed by atoms with E-state index in [1.54, 1.807) is 22.6 Å². The first-order valence-corrected chi connectivity index (χ1v) is 5.06. The number of aromatic hydroxyl groups is 1. The number of phenols is 1. The van der Waals surface area contributed by atoms with E-state index in [1.807, 2.05) is 6.07 Å². The minimum absolute atomic E-state index is 0.130. The Morgan fingerprint density at radius 2 is 2.18 bits per heavy atom. The van der Waals surface area contributed by atoms with Crippen molar-refractivity contribution in [2.45, 2.75) is 6.23 Å². The number of aromatic nitrogens is 3. The van der Waals surface area contributed by atoms with E-state index in [0.29, 0.717) is 16.7 Å². The Morgan fingerprint density at radius 1 is 1.35 bits per heavy atom. The second-order valence-electron chi connectivity index (χ2n) is 3.78. The van der Waals surface area contributed by atoms with Crippen LogP contribution in [0.5, 0.6) is 5.75 Å². The van der Waals surface area contributed by atoms with E-state index in [4.69, 9.17) is 5.73 Å². The molecule has 0 aliphatic heterocycles. The number of pyridine rings is 1. The highest BCUT2D eigenvalue weighted by molar-refractivity contribution is 5.88. The van der Waals surface area contributed by atoms with Gasteiger partial charge in [0.2, 0.25) is 0 Å². The van der Waals surface area contributed by atoms with Gasteiger partial charge in [-0.2, -0.15) is 0 Å². The Hall–Kier alpha value is -2.18. The summed E-state index contributed by atoms with van der Waals surface area (Å²) in [5.74, 6) is 0.130. The molecule has 0 amide bonds. The van der Waals surface area contributed by atoms with Gasteiger partial charge in [-0.25, -0.2) is 0 Å². The van der Waals surface area contributed by atoms with Gasteiger partial charge in [-0.15, -0.1) is 10.2 Å². The fourth-order valence-corrected chi connectivity index (χ4v) is 1.97. The molecule has 4 N–H and O–H groups in total. The van der Waals surface area contributed by atoms with Gasteiger partial charge in [0.15, 0.2) is 5.65 Å². The molecule has 0 radical (unpaired) electrons. The first-order chi connectivity index (χ1) is 8.18. The quantitative estimate of drug-likeness (QED) is 0.530. The number of aliphatic hydroxyl groups is 1. The second kappa shape index (κ2) is 3.41. The van der Waals surface area contributed by atoms with Crippen molar-refractivity contribution < 1.29 is 10.2 Å². The highest BCUT2D eigenvalue weighted by Crippen LogP contribution is 2.28. The van der Waals surface area contributed by atoms with E-state index in [1.165, 1.54) is 6.33 Å². The highest BCUT2D eigenvalue weighted by atomic mass is 16.3. The van der Waals surface area contributed by atoms with Gasteiger partial charge in [0.05, 0.1) is 5.52 Å². The number of para-hydroxylation sites is 1. The van der Waals surface area contributed by atoms with Crippen molar-refractivity contribution in [2.75, 3.05) is 0 Å². The molecular formula is C11H10N4O2. The summed E-state index contributed by atoms with van der Waals surface area (Å²) >= 11 is 0. The topological polar surface area (TPSA) is 96.7 Å². The lowest BCUT2D eigenvalue weighted by atomic mass is 10.1. The molecule has 2 aromatic heterocycles. The van der Waals surface area contributed by atoms with Gasteiger partial charge in [0.25, 0.3) is 0 Å². The Kier molecular flexibility index (Phi) is 2.01. The maximum absolute atomic E-state index is 9.85. The Balaban J connectivity index is 2.56. The molecule has 6 nitrogen and oxygen atoms in total. The third-order valence-corrected chi connectivity index (χ3v) is 2.72. The van der Waals surface area contributed by atoms with Crippen molar-refractivity contribution in [1.29, 1.82) is 0 Å². The van der Waals surface area contributed by atoms with Crippen molar-refractivity contribution in [2.24, 2.45) is 5.73 Å². The fraction of sp³-hybridized carbons (Fsp3) is 0.0909. The van der Waals surface area contributed by atoms with Crippen molar-refractivity contribution in [3.05, 3.63) is 36.2 Å². The lowest BCUT2D eigenvalue weighted by Crippen LogP contribution is -2.10. The van der Waals surface area contributed by atoms with Gasteiger partial charge < -0.3 is 15.9 Å². The Labute approximate surface area is 95.9 Å². The third-order valence-electron chi connectivity index (χ3n) is 2.72. The number of rotatable bonds is 1. The van der Waals surface area contributed by atoms with Crippen LogP contribution in [0.15, 0.2) is 30.6 Å². The van der Waals surface area contributed by atoms with Crippen LogP contribution in [0.25, 0.3) is 16.6 Å². The summed E-state index contributed by atoms with van der Waals surface area (Å²) in [7, 11) is 0. The third kappa shape index (κ3) is 1.35. The average molecular weight is 230 g/mol. The summed E-state index contributed by atoms with van der Waals surface area (Å²) in [4.78, 5) is 0. The molecule has 0 spiro atoms. The molecule has 2 heterocycles. The Bertz CT molecular complexity index is 705. The molecule has 0 fully saturated rings. The summed E-state index contributed by atoms with van der Waals surface area (Å²) in [6.45, 7) is 0. The Morgan fingerprint density at radius 3 is 2.94 bits per heavy atom. The zero-order valence-corrected chi connectivity index (χ0v) is 8.78. The molecule has 0 aliphatic rings. The molecule has 17 heavy (non-hydrogen) atoms. The largest absolute Gasteiger partial charge is 0.506 e. The van der Waals surface area contributed by atoms with Gasteiger partial charge in [0, 0.05) is 10.9 Å². The van der Waals surface area contributed by atoms with Gasteiger partial charge in [-0.1, -0.05) is 12.1 Å². The fourth-order valence-electron chi connectivity index (χ4n) is 1.97. The van der Waals surface area contributed by atoms with Gasteiger partial charge in [-0.3, -0.25) is 4.40 Å². The number of nitrogens with two attached hydrogens (primary N) is 1. The molecule has 1 unspecified atom stereocenters. The average Bonchev–Trinajstić information content (AvgIpc) is 2.76. The minimum atomic E-state index is -1.13. The van der Waals surface area contributed by atoms with Gasteiger partial charge in [0.1, 0.15) is 18.3 Å². The zero-order valence-electron chi connectivity index (χ0n) is 8.78. The molecule has 86 valence electrons. The van der Waals surface area contributed by atoms with Crippen molar-refractivity contribution in [3.63, 3.8) is 0 Å². The molecule has 3 rings (SSSR count). The van der Waals surface area contributed by atoms with Crippen molar-refractivity contribution in [3.8, 4) is 5.75 Å². The maximum Gasteiger partial charge on any atom is 0.168 e. The number of hydrogen-bond donors (Lipinski definition) is 3. The van der Waals surface area contributed by atoms with E-state index in [9.17, 15) is 10.2 Å². The van der Waals surface area contributed by atoms with E-state index in [2.05, 4.69) is 10.2 Å². The predicted octanol–water partition coefficient (Wildman–Crippen LogP) is 0.538. The summed E-state index contributed by atoms with van der Waals surface area (Å²) in [6, 6.07) is 6.82. The van der Waals surface area contributed by atoms with Crippen molar-refractivity contribution >= 4 is 16.6 Å². The SMILES string of the molecule is NC(O)c1cc2cccc(O)c2n2cnnc12. The van der Waals surface area contributed by atoms with Crippen LogP contribution in [0.3, 0.4) is 0 Å². The lowest BCUT2D eigenvalue weighted by molar-refractivity contribution is 0.187. The van der Waals surface area contributed by atoms with Crippen molar-refractivity contribution in [1.82, 2.24) is 14.6 Å². The monoisotopic (exact) mass is 230 g/mol. The van der Waals surface area contributed by atoms with Gasteiger partial charge in [-0.05, 0) is 12.1 Å². The van der Waals surface area contributed by atoms with Crippen LogP contribution in [0.4, 0.5) is 0 Å². The second-order valence-corrected chi connectivity index (χ2v) is 3.78. The van der Waals surface area contributed by atoms with Crippen LogP contribution in [0.2, 0.25) is 0 Å². The summed E-state index contributed by atoms with van der Waals surface area (Å²) in [5, 5.41) is 27.8. The lowest BCUT2D eigenvalue weighted by Gasteiger charge is -2.10. The van der Waals surface area contributed by atoms with E-state index in [-0.39, 0.29) is 5.75 Å². The molecule has 1 aromatic carbocycles. The number of aliphatic hydroxyl groups excluding tert-OH is 1. The summed E-state index contributed by atoms with van der Waals surface area (Å²) in [6.07, 6.45) is 0.344. The van der Waals surface area contributed by atoms with Gasteiger partial charge >= 0.3 is 0 Å². The first kappa shape index (κ1) is 10.0. The highest BCUT2D eigenvalue weighted by Gasteiger charge is 2.14. The van der Waals surface area contributed by atoms with Crippen LogP contribution < -0.4 is 5.73 Å². The molecule has 0 aliphatic carbocycles. The van der Waals surface area contributed by atoms with Crippen LogP contribution in [-0.4, -0.2) is 24.8 Å². The maximum atomic E-state index is 9.85. The molecule has 1 atom stereocenters. The molecule has 0 saturated heterocycles. The molecule has 3 aromatic rings. The standard InChI is InChI=1S/C11H10N4O2/c12-10(17)7-4-6-2-1-3-8(16)9(6)15-5-13-14-11(7)15/h1-5,10,16-17H,12H2. The van der Waals surface area contributed by atoms with Crippen LogP contribution in [0, 0.1) is 0 Å². The number of fused-ring (bicyclic) bond motifs is 3. The van der Waals surface area contributed by atoms with E-state index >= 15 is 0 Å². The summed E-state index contributed by atoms with van der Waals surface area (Å²) in [5.41, 5.74) is 6.99. The normalized spacial score (nSPS) is 13.3. The molecular weight excluding hydrogens is 220 g/mol. The number of phenolic OH excluding ortho intramolecular Hbond substituents is 1. The minimum Gasteiger partial charge on any atom is -0.506 e. The summed E-state index contributed by atoms with van der Waals surface area (Å²) < 4.78 is 1.61. The number of nitrogens with zero attached hydrogens (tertiary/aromatic N) is 3. The van der Waals surface area contributed by atoms with E-state index < -0.39 is 6.23 Å². The molecule has 6 heteroatoms. The molecule has 0 bridgehead atoms. The number of benzene rings is 1. The number of hydrogen-bond acceptors (Lipinski definition) is 5. The zero-order chi connectivity index (χ0) is 12.0. The van der Waals surface area contributed by atoms with Crippen LogP contribution in [-0.2, 0) is 0 Å². The predicted molar refractivity (Wildman–Crippen MR) is 61.3 cm³/mol. The smallest absolute Gasteiger partial charge is 0.168 e. The van der Waals surface area contributed by atoms with Crippen LogP contribution in [0.1, 0.15) is 11.8 Å². The first-order valence-electron chi connectivity index (χ1n) is 5.06. The van der Waals surface area contributed by atoms with E-state index in [0.717, 1.165) is 5.39 Å². The van der Waals surface area contributed by atoms with Crippen LogP contribution >= 0.6 is 0 Å². The molecule has 0 saturated carbocycles.